The Balaban J connectivity index is 1.14. The molecule has 2 aliphatic rings. The number of hydrogen-bond donors (Lipinski definition) is 3. The maximum Gasteiger partial charge on any atom is 0.417 e. The van der Waals surface area contributed by atoms with Crippen molar-refractivity contribution >= 4 is 56.4 Å². The number of rotatable bonds is 5. The first-order chi connectivity index (χ1) is 22.0. The molecule has 46 heavy (non-hydrogen) atoms. The van der Waals surface area contributed by atoms with Gasteiger partial charge in [0.25, 0.3) is 0 Å². The third-order valence-corrected chi connectivity index (χ3v) is 10.2. The molecule has 3 N–H and O–H groups in total. The van der Waals surface area contributed by atoms with Gasteiger partial charge in [-0.15, -0.1) is 0 Å². The quantitative estimate of drug-likeness (QED) is 0.218. The van der Waals surface area contributed by atoms with E-state index in [1.165, 1.54) is 12.3 Å². The zero-order chi connectivity index (χ0) is 32.5. The van der Waals surface area contributed by atoms with Crippen LogP contribution >= 0.6 is 11.6 Å². The van der Waals surface area contributed by atoms with E-state index >= 15 is 0 Å². The van der Waals surface area contributed by atoms with E-state index in [1.54, 1.807) is 24.5 Å². The number of nitrogens with one attached hydrogen (secondary N) is 3. The number of aromatic nitrogens is 3. The summed E-state index contributed by atoms with van der Waals surface area (Å²) in [6.45, 7) is 0.0424. The molecular weight excluding hydrogens is 643 g/mol. The summed E-state index contributed by atoms with van der Waals surface area (Å²) in [5, 5.41) is 9.69. The molecule has 0 atom stereocenters. The molecule has 2 aliphatic heterocycles. The average molecular weight is 672 g/mol. The second-order valence-electron chi connectivity index (χ2n) is 11.2. The lowest BCUT2D eigenvalue weighted by Gasteiger charge is -2.31. The summed E-state index contributed by atoms with van der Waals surface area (Å²) < 4.78 is 67.8. The molecule has 2 aromatic heterocycles. The molecule has 0 radical (unpaired) electrons. The van der Waals surface area contributed by atoms with Crippen molar-refractivity contribution in [2.45, 2.75) is 43.2 Å². The van der Waals surface area contributed by atoms with Crippen LogP contribution in [-0.2, 0) is 33.8 Å². The van der Waals surface area contributed by atoms with Crippen molar-refractivity contribution in [2.24, 2.45) is 5.92 Å². The number of aryl methyl sites for hydroxylation is 2. The number of benzene rings is 2. The van der Waals surface area contributed by atoms with Gasteiger partial charge in [-0.25, -0.2) is 13.4 Å². The molecule has 4 aromatic rings. The number of fused-ring (bicyclic) bond motifs is 6. The summed E-state index contributed by atoms with van der Waals surface area (Å²) in [5.74, 6) is 0.384. The van der Waals surface area contributed by atoms with Gasteiger partial charge in [-0.05, 0) is 79.1 Å². The normalized spacial score (nSPS) is 15.8. The highest BCUT2D eigenvalue weighted by atomic mass is 35.5. The highest BCUT2D eigenvalue weighted by Gasteiger charge is 2.39. The summed E-state index contributed by atoms with van der Waals surface area (Å²) in [7, 11) is -4.36. The number of alkyl halides is 3. The van der Waals surface area contributed by atoms with Gasteiger partial charge < -0.3 is 16.0 Å². The lowest BCUT2D eigenvalue weighted by Crippen LogP contribution is -2.39. The van der Waals surface area contributed by atoms with Crippen LogP contribution in [0.25, 0.3) is 0 Å². The van der Waals surface area contributed by atoms with Gasteiger partial charge in [0.1, 0.15) is 5.02 Å². The number of amides is 1. The molecule has 6 bridgehead atoms. The van der Waals surface area contributed by atoms with Crippen LogP contribution in [0.3, 0.4) is 0 Å². The Morgan fingerprint density at radius 1 is 1.00 bits per heavy atom. The molecule has 240 valence electrons. The number of piperidine rings is 1. The van der Waals surface area contributed by atoms with Crippen LogP contribution in [0.15, 0.2) is 72.0 Å². The van der Waals surface area contributed by atoms with Gasteiger partial charge in [0, 0.05) is 37.1 Å². The first kappa shape index (κ1) is 31.7. The van der Waals surface area contributed by atoms with E-state index in [9.17, 15) is 26.4 Å². The molecule has 6 rings (SSSR count). The molecule has 1 fully saturated rings. The number of sulfonamides is 1. The molecule has 0 aliphatic carbocycles. The van der Waals surface area contributed by atoms with Crippen LogP contribution < -0.4 is 16.0 Å². The number of carbonyl (C=O) groups is 1. The van der Waals surface area contributed by atoms with E-state index in [4.69, 9.17) is 11.6 Å². The van der Waals surface area contributed by atoms with E-state index in [1.807, 2.05) is 12.1 Å². The number of pyridine rings is 1. The zero-order valence-electron chi connectivity index (χ0n) is 24.3. The van der Waals surface area contributed by atoms with Crippen LogP contribution in [0.1, 0.15) is 36.0 Å². The summed E-state index contributed by atoms with van der Waals surface area (Å²) in [5.41, 5.74) is 2.70. The number of carbonyl (C=O) groups excluding carboxylic acids is 1. The van der Waals surface area contributed by atoms with Crippen molar-refractivity contribution in [1.82, 2.24) is 19.3 Å². The third-order valence-electron chi connectivity index (χ3n) is 7.98. The summed E-state index contributed by atoms with van der Waals surface area (Å²) in [6.07, 6.45) is 2.19. The van der Waals surface area contributed by atoms with Crippen LogP contribution in [-0.4, -0.2) is 46.7 Å². The van der Waals surface area contributed by atoms with E-state index in [0.717, 1.165) is 33.6 Å². The molecule has 1 amide bonds. The summed E-state index contributed by atoms with van der Waals surface area (Å²) in [6, 6.07) is 11.6. The maximum atomic E-state index is 13.5. The first-order valence-electron chi connectivity index (χ1n) is 14.6. The van der Waals surface area contributed by atoms with Crippen molar-refractivity contribution in [3.63, 3.8) is 0 Å². The maximum absolute atomic E-state index is 13.5. The second-order valence-corrected chi connectivity index (χ2v) is 13.5. The van der Waals surface area contributed by atoms with Gasteiger partial charge in [0.2, 0.25) is 21.9 Å². The highest BCUT2D eigenvalue weighted by molar-refractivity contribution is 7.89. The van der Waals surface area contributed by atoms with Crippen LogP contribution in [0.5, 0.6) is 0 Å². The molecule has 4 heterocycles. The van der Waals surface area contributed by atoms with E-state index < -0.39 is 26.7 Å². The Hall–Kier alpha value is -4.27. The summed E-state index contributed by atoms with van der Waals surface area (Å²) in [4.78, 5) is 25.5. The molecule has 1 saturated heterocycles. The van der Waals surface area contributed by atoms with Crippen molar-refractivity contribution in [3.05, 3.63) is 88.8 Å². The van der Waals surface area contributed by atoms with Crippen molar-refractivity contribution in [1.29, 1.82) is 0 Å². The predicted octanol–water partition coefficient (Wildman–Crippen LogP) is 6.56. The fourth-order valence-electron chi connectivity index (χ4n) is 5.63. The predicted molar refractivity (Wildman–Crippen MR) is 168 cm³/mol. The van der Waals surface area contributed by atoms with Gasteiger partial charge in [-0.3, -0.25) is 9.78 Å². The molecule has 0 saturated carbocycles. The minimum atomic E-state index is -4.80. The van der Waals surface area contributed by atoms with Gasteiger partial charge in [0.05, 0.1) is 28.5 Å². The fraction of sp³-hybridized carbons (Fsp3) is 0.290. The number of nitrogens with zero attached hydrogens (tertiary/aromatic N) is 4. The molecule has 2 aromatic carbocycles. The summed E-state index contributed by atoms with van der Waals surface area (Å²) >= 11 is 6.35. The topological polar surface area (TPSA) is 129 Å². The molecular formula is C31H29ClF3N7O3S. The highest BCUT2D eigenvalue weighted by Crippen LogP contribution is 2.36. The number of halogens is 4. The van der Waals surface area contributed by atoms with E-state index in [2.05, 4.69) is 30.9 Å². The zero-order valence-corrected chi connectivity index (χ0v) is 25.9. The van der Waals surface area contributed by atoms with E-state index in [0.29, 0.717) is 59.5 Å². The van der Waals surface area contributed by atoms with Gasteiger partial charge >= 0.3 is 6.18 Å². The molecule has 0 spiro atoms. The number of hydrogen-bond acceptors (Lipinski definition) is 8. The molecule has 10 nitrogen and oxygen atoms in total. The lowest BCUT2D eigenvalue weighted by atomic mass is 9.94. The van der Waals surface area contributed by atoms with E-state index in [-0.39, 0.29) is 31.3 Å². The van der Waals surface area contributed by atoms with Crippen molar-refractivity contribution in [3.8, 4) is 0 Å². The van der Waals surface area contributed by atoms with Crippen molar-refractivity contribution < 1.29 is 26.4 Å². The van der Waals surface area contributed by atoms with Gasteiger partial charge in [-0.1, -0.05) is 23.7 Å². The largest absolute Gasteiger partial charge is 0.417 e. The van der Waals surface area contributed by atoms with Gasteiger partial charge in [-0.2, -0.15) is 22.5 Å². The fourth-order valence-corrected chi connectivity index (χ4v) is 7.45. The monoisotopic (exact) mass is 671 g/mol. The van der Waals surface area contributed by atoms with Crippen LogP contribution in [0, 0.1) is 5.92 Å². The lowest BCUT2D eigenvalue weighted by molar-refractivity contribution is -0.140. The first-order valence-corrected chi connectivity index (χ1v) is 16.4. The second kappa shape index (κ2) is 12.9. The van der Waals surface area contributed by atoms with Gasteiger partial charge in [0.15, 0.2) is 5.82 Å². The Labute approximate surface area is 268 Å². The minimum Gasteiger partial charge on any atom is -0.339 e. The Morgan fingerprint density at radius 3 is 2.57 bits per heavy atom. The third kappa shape index (κ3) is 7.08. The minimum absolute atomic E-state index is 0.0212. The van der Waals surface area contributed by atoms with Crippen LogP contribution in [0.4, 0.5) is 42.0 Å². The molecule has 0 unspecified atom stereocenters. The SMILES string of the molecule is O=C(CC1CCN(S(=O)(=O)c2ccccc2C(F)(F)F)CC1)Nc1ccc2cc1CCc1cncc(c1)Nc1ncc(Cl)c(n1)N2. The Kier molecular flexibility index (Phi) is 8.86. The van der Waals surface area contributed by atoms with Crippen LogP contribution in [0.2, 0.25) is 5.02 Å². The Morgan fingerprint density at radius 2 is 1.78 bits per heavy atom. The standard InChI is InChI=1S/C31H29ClF3N7O3S/c32-25-18-37-30-39-23-13-20(16-36-17-23)5-6-21-15-22(38-29(25)41-30)7-8-26(21)40-28(43)14-19-9-11-42(12-10-19)46(44,45)27-4-2-1-3-24(27)31(33,34)35/h1-4,7-8,13,15-19H,5-6,9-12,14H2,(H,40,43)(H2,37,38,39,41). The average Bonchev–Trinajstić information content (AvgIpc) is 3.03. The molecule has 15 heteroatoms. The number of anilines is 5. The Bertz CT molecular complexity index is 1880. The van der Waals surface area contributed by atoms with Crippen molar-refractivity contribution in [2.75, 3.05) is 29.0 Å². The smallest absolute Gasteiger partial charge is 0.339 e.